The van der Waals surface area contributed by atoms with Gasteiger partial charge in [-0.3, -0.25) is 4.79 Å². The first-order valence-electron chi connectivity index (χ1n) is 8.45. The van der Waals surface area contributed by atoms with Crippen LogP contribution in [-0.4, -0.2) is 5.78 Å². The van der Waals surface area contributed by atoms with Crippen LogP contribution in [-0.2, 0) is 4.79 Å². The number of nitrogens with one attached hydrogen (secondary N) is 1. The van der Waals surface area contributed by atoms with Crippen molar-refractivity contribution in [2.75, 3.05) is 0 Å². The van der Waals surface area contributed by atoms with E-state index in [1.807, 2.05) is 12.1 Å². The second kappa shape index (κ2) is 6.74. The molecule has 2 aromatic carbocycles. The number of benzene rings is 2. The number of carbonyl (C=O) groups is 1. The molecule has 24 heavy (non-hydrogen) atoms. The lowest BCUT2D eigenvalue weighted by Gasteiger charge is -2.45. The Morgan fingerprint density at radius 2 is 1.25 bits per heavy atom. The van der Waals surface area contributed by atoms with Crippen LogP contribution in [0.2, 0.25) is 0 Å². The smallest absolute Gasteiger partial charge is 0.142 e. The normalized spacial score (nSPS) is 29.5. The lowest BCUT2D eigenvalue weighted by molar-refractivity contribution is -0.135. The molecule has 1 N–H and O–H groups in total. The van der Waals surface area contributed by atoms with E-state index in [4.69, 9.17) is 0 Å². The maximum Gasteiger partial charge on any atom is 0.142 e. The van der Waals surface area contributed by atoms with Crippen LogP contribution in [0.4, 0.5) is 0 Å². The van der Waals surface area contributed by atoms with Crippen LogP contribution >= 0.6 is 31.9 Å². The first kappa shape index (κ1) is 16.5. The molecule has 1 heterocycles. The average molecular weight is 449 g/mol. The Labute approximate surface area is 159 Å². The van der Waals surface area contributed by atoms with Crippen molar-refractivity contribution in [2.45, 2.75) is 31.3 Å². The third-order valence-electron chi connectivity index (χ3n) is 5.41. The Hall–Kier alpha value is -0.970. The summed E-state index contributed by atoms with van der Waals surface area (Å²) in [6.45, 7) is 0. The highest BCUT2D eigenvalue weighted by Crippen LogP contribution is 2.47. The summed E-state index contributed by atoms with van der Waals surface area (Å²) in [5.41, 5.74) is 2.38. The van der Waals surface area contributed by atoms with Crippen LogP contribution in [0.5, 0.6) is 0 Å². The van der Waals surface area contributed by atoms with Gasteiger partial charge in [0.2, 0.25) is 0 Å². The van der Waals surface area contributed by atoms with Crippen LogP contribution in [0.15, 0.2) is 57.5 Å². The number of fused-ring (bicyclic) bond motifs is 2. The Morgan fingerprint density at radius 3 is 1.71 bits per heavy atom. The van der Waals surface area contributed by atoms with Gasteiger partial charge in [0, 0.05) is 32.9 Å². The number of hydrogen-bond acceptors (Lipinski definition) is 2. The summed E-state index contributed by atoms with van der Waals surface area (Å²) in [5, 5.41) is 3.82. The Morgan fingerprint density at radius 1 is 0.792 bits per heavy atom. The van der Waals surface area contributed by atoms with Crippen molar-refractivity contribution in [2.24, 2.45) is 11.8 Å². The number of halogens is 2. The van der Waals surface area contributed by atoms with E-state index in [1.54, 1.807) is 0 Å². The summed E-state index contributed by atoms with van der Waals surface area (Å²) in [4.78, 5) is 13.1. The van der Waals surface area contributed by atoms with E-state index in [1.165, 1.54) is 11.1 Å². The monoisotopic (exact) mass is 447 g/mol. The van der Waals surface area contributed by atoms with E-state index in [9.17, 15) is 4.79 Å². The van der Waals surface area contributed by atoms with Gasteiger partial charge in [0.15, 0.2) is 0 Å². The minimum atomic E-state index is 0.0710. The number of piperidine rings is 1. The summed E-state index contributed by atoms with van der Waals surface area (Å²) in [6.07, 6.45) is 3.10. The highest BCUT2D eigenvalue weighted by atomic mass is 79.9. The fraction of sp³-hybridized carbons (Fsp3) is 0.350. The molecule has 2 fully saturated rings. The van der Waals surface area contributed by atoms with Crippen molar-refractivity contribution in [3.63, 3.8) is 0 Å². The van der Waals surface area contributed by atoms with Gasteiger partial charge in [-0.2, -0.15) is 0 Å². The SMILES string of the molecule is O=C1[C@H]2CCC[C@@H]1[C@H](c1ccccc1Br)N[C@@H]2c1ccccc1Br. The van der Waals surface area contributed by atoms with Gasteiger partial charge >= 0.3 is 0 Å². The number of Topliss-reactive ketones (excluding diaryl/α,β-unsaturated/α-hetero) is 1. The molecule has 4 rings (SSSR count). The van der Waals surface area contributed by atoms with Gasteiger partial charge < -0.3 is 5.32 Å². The first-order valence-corrected chi connectivity index (χ1v) is 10.0. The van der Waals surface area contributed by atoms with Gasteiger partial charge in [0.05, 0.1) is 0 Å². The van der Waals surface area contributed by atoms with Crippen LogP contribution in [0.1, 0.15) is 42.5 Å². The third kappa shape index (κ3) is 2.79. The molecule has 2 bridgehead atoms. The molecule has 2 nitrogen and oxygen atoms in total. The van der Waals surface area contributed by atoms with E-state index in [-0.39, 0.29) is 23.9 Å². The second-order valence-electron chi connectivity index (χ2n) is 6.71. The first-order chi connectivity index (χ1) is 11.7. The highest BCUT2D eigenvalue weighted by molar-refractivity contribution is 9.10. The molecular weight excluding hydrogens is 430 g/mol. The summed E-state index contributed by atoms with van der Waals surface area (Å²) in [5.74, 6) is 0.601. The average Bonchev–Trinajstić information content (AvgIpc) is 2.57. The molecule has 4 atom stereocenters. The van der Waals surface area contributed by atoms with Gasteiger partial charge in [-0.25, -0.2) is 0 Å². The Balaban J connectivity index is 1.78. The summed E-state index contributed by atoms with van der Waals surface area (Å²) < 4.78 is 2.15. The number of carbonyl (C=O) groups excluding carboxylic acids is 1. The zero-order valence-corrected chi connectivity index (χ0v) is 16.4. The molecule has 0 unspecified atom stereocenters. The molecule has 1 saturated carbocycles. The maximum absolute atomic E-state index is 13.1. The molecule has 0 aromatic heterocycles. The third-order valence-corrected chi connectivity index (χ3v) is 6.85. The minimum absolute atomic E-state index is 0.0710. The van der Waals surface area contributed by atoms with E-state index < -0.39 is 0 Å². The number of ketones is 1. The lowest BCUT2D eigenvalue weighted by atomic mass is 9.67. The topological polar surface area (TPSA) is 29.1 Å². The predicted octanol–water partition coefficient (Wildman–Crippen LogP) is 5.58. The fourth-order valence-electron chi connectivity index (χ4n) is 4.27. The van der Waals surface area contributed by atoms with Gasteiger partial charge in [0.25, 0.3) is 0 Å². The van der Waals surface area contributed by atoms with E-state index in [2.05, 4.69) is 73.6 Å². The van der Waals surface area contributed by atoms with Gasteiger partial charge in [-0.15, -0.1) is 0 Å². The zero-order chi connectivity index (χ0) is 16.7. The summed E-state index contributed by atoms with van der Waals surface area (Å²) >= 11 is 7.34. The van der Waals surface area contributed by atoms with Crippen molar-refractivity contribution in [1.29, 1.82) is 0 Å². The van der Waals surface area contributed by atoms with Gasteiger partial charge in [-0.1, -0.05) is 74.7 Å². The molecule has 0 spiro atoms. The standard InChI is InChI=1S/C20H19Br2NO/c21-16-10-3-1-6-12(16)18-14-8-5-9-15(20(14)24)19(23-18)13-7-2-4-11-17(13)22/h1-4,6-7,10-11,14-15,18-19,23H,5,8-9H2/t14-,15+,18+,19-. The molecule has 1 saturated heterocycles. The number of hydrogen-bond donors (Lipinski definition) is 1. The zero-order valence-electron chi connectivity index (χ0n) is 13.2. The lowest BCUT2D eigenvalue weighted by Crippen LogP contribution is -2.50. The second-order valence-corrected chi connectivity index (χ2v) is 8.42. The maximum atomic E-state index is 13.1. The van der Waals surface area contributed by atoms with E-state index in [0.29, 0.717) is 5.78 Å². The fourth-order valence-corrected chi connectivity index (χ4v) is 5.34. The van der Waals surface area contributed by atoms with Gasteiger partial charge in [0.1, 0.15) is 5.78 Å². The highest BCUT2D eigenvalue weighted by Gasteiger charge is 2.47. The van der Waals surface area contributed by atoms with Crippen molar-refractivity contribution in [3.8, 4) is 0 Å². The predicted molar refractivity (Wildman–Crippen MR) is 103 cm³/mol. The molecule has 1 aliphatic carbocycles. The Kier molecular flexibility index (Phi) is 4.63. The molecule has 124 valence electrons. The summed E-state index contributed by atoms with van der Waals surface area (Å²) in [6, 6.07) is 16.7. The van der Waals surface area contributed by atoms with Crippen LogP contribution in [0.3, 0.4) is 0 Å². The van der Waals surface area contributed by atoms with Crippen molar-refractivity contribution < 1.29 is 4.79 Å². The molecule has 4 heteroatoms. The number of rotatable bonds is 2. The van der Waals surface area contributed by atoms with Crippen LogP contribution < -0.4 is 5.32 Å². The van der Waals surface area contributed by atoms with E-state index >= 15 is 0 Å². The molecule has 2 aromatic rings. The van der Waals surface area contributed by atoms with Crippen molar-refractivity contribution >= 4 is 37.6 Å². The quantitative estimate of drug-likeness (QED) is 0.649. The molecule has 2 aliphatic rings. The van der Waals surface area contributed by atoms with Crippen LogP contribution in [0.25, 0.3) is 0 Å². The van der Waals surface area contributed by atoms with Crippen LogP contribution in [0, 0.1) is 11.8 Å². The molecule has 1 aliphatic heterocycles. The largest absolute Gasteiger partial charge is 0.302 e. The molecule has 0 radical (unpaired) electrons. The molecule has 0 amide bonds. The van der Waals surface area contributed by atoms with E-state index in [0.717, 1.165) is 28.2 Å². The van der Waals surface area contributed by atoms with Gasteiger partial charge in [-0.05, 0) is 36.1 Å². The minimum Gasteiger partial charge on any atom is -0.302 e. The van der Waals surface area contributed by atoms with Crippen molar-refractivity contribution in [3.05, 3.63) is 68.6 Å². The molecular formula is C20H19Br2NO. The Bertz CT molecular complexity index is 714. The van der Waals surface area contributed by atoms with Crippen molar-refractivity contribution in [1.82, 2.24) is 5.32 Å². The summed E-state index contributed by atoms with van der Waals surface area (Å²) in [7, 11) is 0.